The summed E-state index contributed by atoms with van der Waals surface area (Å²) in [6, 6.07) is 13.0. The maximum atomic E-state index is 13.3. The predicted octanol–water partition coefficient (Wildman–Crippen LogP) is 4.37. The summed E-state index contributed by atoms with van der Waals surface area (Å²) in [5, 5.41) is 1.74. The minimum Gasteiger partial charge on any atom is -0.337 e. The Balaban J connectivity index is 1.91. The highest BCUT2D eigenvalue weighted by molar-refractivity contribution is 7.98. The Labute approximate surface area is 165 Å². The van der Waals surface area contributed by atoms with Crippen LogP contribution in [0, 0.1) is 6.92 Å². The molecule has 136 valence electrons. The maximum absolute atomic E-state index is 13.3. The van der Waals surface area contributed by atoms with Gasteiger partial charge in [0.1, 0.15) is 0 Å². The number of thioether (sulfide) groups is 1. The van der Waals surface area contributed by atoms with E-state index < -0.39 is 0 Å². The molecule has 0 aliphatic heterocycles. The molecule has 0 saturated carbocycles. The topological polar surface area (TPSA) is 52.7 Å². The number of nitrogens with zero attached hydrogens (tertiary/aromatic N) is 4. The molecule has 0 unspecified atom stereocenters. The zero-order valence-electron chi connectivity index (χ0n) is 14.9. The van der Waals surface area contributed by atoms with Crippen molar-refractivity contribution < 1.29 is 0 Å². The van der Waals surface area contributed by atoms with Gasteiger partial charge in [0, 0.05) is 29.7 Å². The van der Waals surface area contributed by atoms with Crippen molar-refractivity contribution in [3.8, 4) is 5.69 Å². The van der Waals surface area contributed by atoms with Gasteiger partial charge >= 0.3 is 0 Å². The van der Waals surface area contributed by atoms with E-state index in [9.17, 15) is 4.79 Å². The van der Waals surface area contributed by atoms with Crippen LogP contribution in [0.2, 0.25) is 5.02 Å². The normalized spacial score (nSPS) is 11.2. The molecular formula is C20H17ClN4OS. The Hall–Kier alpha value is -2.57. The molecule has 5 nitrogen and oxygen atoms in total. The molecule has 0 amide bonds. The van der Waals surface area contributed by atoms with Crippen molar-refractivity contribution in [2.45, 2.75) is 17.8 Å². The van der Waals surface area contributed by atoms with Crippen molar-refractivity contribution in [2.24, 2.45) is 7.05 Å². The van der Waals surface area contributed by atoms with Gasteiger partial charge in [-0.05, 0) is 36.8 Å². The summed E-state index contributed by atoms with van der Waals surface area (Å²) in [6.07, 6.45) is 3.58. The molecule has 2 aromatic heterocycles. The third-order valence-corrected chi connectivity index (χ3v) is 5.63. The largest absolute Gasteiger partial charge is 0.337 e. The Morgan fingerprint density at radius 2 is 2.00 bits per heavy atom. The van der Waals surface area contributed by atoms with Gasteiger partial charge in [-0.3, -0.25) is 9.36 Å². The first-order valence-corrected chi connectivity index (χ1v) is 9.77. The van der Waals surface area contributed by atoms with Crippen molar-refractivity contribution in [2.75, 3.05) is 0 Å². The lowest BCUT2D eigenvalue weighted by molar-refractivity contribution is 0.811. The van der Waals surface area contributed by atoms with E-state index in [0.29, 0.717) is 26.8 Å². The summed E-state index contributed by atoms with van der Waals surface area (Å²) in [6.45, 7) is 1.99. The van der Waals surface area contributed by atoms with E-state index in [-0.39, 0.29) is 5.56 Å². The summed E-state index contributed by atoms with van der Waals surface area (Å²) in [5.41, 5.74) is 3.40. The number of para-hydroxylation sites is 1. The van der Waals surface area contributed by atoms with Crippen molar-refractivity contribution >= 4 is 34.3 Å². The van der Waals surface area contributed by atoms with E-state index in [1.54, 1.807) is 29.1 Å². The Morgan fingerprint density at radius 3 is 2.74 bits per heavy atom. The fourth-order valence-electron chi connectivity index (χ4n) is 2.92. The molecule has 27 heavy (non-hydrogen) atoms. The van der Waals surface area contributed by atoms with Gasteiger partial charge in [-0.25, -0.2) is 9.97 Å². The van der Waals surface area contributed by atoms with E-state index >= 15 is 0 Å². The lowest BCUT2D eigenvalue weighted by Crippen LogP contribution is -2.22. The van der Waals surface area contributed by atoms with Crippen LogP contribution < -0.4 is 5.56 Å². The van der Waals surface area contributed by atoms with Crippen molar-refractivity contribution in [3.63, 3.8) is 0 Å². The van der Waals surface area contributed by atoms with Crippen LogP contribution in [0.3, 0.4) is 0 Å². The summed E-state index contributed by atoms with van der Waals surface area (Å²) in [4.78, 5) is 22.2. The molecule has 7 heteroatoms. The number of halogens is 1. The number of fused-ring (bicyclic) bond motifs is 1. The maximum Gasteiger partial charge on any atom is 0.266 e. The van der Waals surface area contributed by atoms with Crippen LogP contribution in [0.25, 0.3) is 16.6 Å². The lowest BCUT2D eigenvalue weighted by Gasteiger charge is -2.15. The standard InChI is InChI=1S/C20H17ClN4OS/c1-13-5-3-4-6-18(13)25-19(26)16-8-7-14(21)9-17(16)23-20(25)27-11-15-10-22-12-24(15)2/h3-10,12H,11H2,1-2H3. The van der Waals surface area contributed by atoms with Gasteiger partial charge in [0.2, 0.25) is 0 Å². The average molecular weight is 397 g/mol. The number of hydrogen-bond acceptors (Lipinski definition) is 4. The summed E-state index contributed by atoms with van der Waals surface area (Å²) < 4.78 is 3.65. The zero-order chi connectivity index (χ0) is 19.0. The monoisotopic (exact) mass is 396 g/mol. The van der Waals surface area contributed by atoms with Crippen LogP contribution >= 0.6 is 23.4 Å². The summed E-state index contributed by atoms with van der Waals surface area (Å²) in [7, 11) is 1.95. The number of aromatic nitrogens is 4. The van der Waals surface area contributed by atoms with Gasteiger partial charge in [-0.15, -0.1) is 0 Å². The molecule has 0 atom stereocenters. The first-order chi connectivity index (χ1) is 13.0. The molecule has 0 aliphatic carbocycles. The van der Waals surface area contributed by atoms with Gasteiger partial charge in [0.05, 0.1) is 22.9 Å². The van der Waals surface area contributed by atoms with Crippen LogP contribution in [0.4, 0.5) is 0 Å². The molecule has 0 bridgehead atoms. The van der Waals surface area contributed by atoms with Crippen LogP contribution in [-0.2, 0) is 12.8 Å². The minimum absolute atomic E-state index is 0.0986. The minimum atomic E-state index is -0.0986. The highest BCUT2D eigenvalue weighted by Crippen LogP contribution is 2.26. The van der Waals surface area contributed by atoms with Gasteiger partial charge < -0.3 is 4.57 Å². The predicted molar refractivity (Wildman–Crippen MR) is 110 cm³/mol. The second-order valence-corrected chi connectivity index (χ2v) is 7.65. The summed E-state index contributed by atoms with van der Waals surface area (Å²) >= 11 is 7.62. The van der Waals surface area contributed by atoms with Crippen LogP contribution in [0.15, 0.2) is 64.9 Å². The first-order valence-electron chi connectivity index (χ1n) is 8.41. The fraction of sp³-hybridized carbons (Fsp3) is 0.150. The molecule has 0 aliphatic rings. The van der Waals surface area contributed by atoms with Gasteiger partial charge in [-0.2, -0.15) is 0 Å². The molecular weight excluding hydrogens is 380 g/mol. The van der Waals surface area contributed by atoms with Gasteiger partial charge in [0.25, 0.3) is 5.56 Å². The van der Waals surface area contributed by atoms with E-state index in [4.69, 9.17) is 16.6 Å². The fourth-order valence-corrected chi connectivity index (χ4v) is 4.12. The highest BCUT2D eigenvalue weighted by Gasteiger charge is 2.15. The van der Waals surface area contributed by atoms with E-state index in [0.717, 1.165) is 16.9 Å². The van der Waals surface area contributed by atoms with Crippen LogP contribution in [0.5, 0.6) is 0 Å². The molecule has 0 saturated heterocycles. The van der Waals surface area contributed by atoms with Crippen LogP contribution in [0.1, 0.15) is 11.3 Å². The lowest BCUT2D eigenvalue weighted by atomic mass is 10.2. The molecule has 4 aromatic rings. The number of aryl methyl sites for hydroxylation is 2. The molecule has 2 heterocycles. The number of imidazole rings is 1. The van der Waals surface area contributed by atoms with Gasteiger partial charge in [-0.1, -0.05) is 41.6 Å². The molecule has 0 N–H and O–H groups in total. The van der Waals surface area contributed by atoms with E-state index in [2.05, 4.69) is 4.98 Å². The quantitative estimate of drug-likeness (QED) is 0.379. The number of benzene rings is 2. The Kier molecular flexibility index (Phi) is 4.76. The summed E-state index contributed by atoms with van der Waals surface area (Å²) in [5.74, 6) is 0.654. The third-order valence-electron chi connectivity index (χ3n) is 4.42. The smallest absolute Gasteiger partial charge is 0.266 e. The van der Waals surface area contributed by atoms with Crippen LogP contribution in [-0.4, -0.2) is 19.1 Å². The second-order valence-electron chi connectivity index (χ2n) is 6.27. The highest BCUT2D eigenvalue weighted by atomic mass is 35.5. The zero-order valence-corrected chi connectivity index (χ0v) is 16.5. The van der Waals surface area contributed by atoms with Crippen molar-refractivity contribution in [1.82, 2.24) is 19.1 Å². The molecule has 0 fully saturated rings. The Bertz CT molecular complexity index is 1200. The molecule has 2 aromatic carbocycles. The van der Waals surface area contributed by atoms with E-state index in [1.807, 2.05) is 49.0 Å². The second kappa shape index (κ2) is 7.21. The average Bonchev–Trinajstić information content (AvgIpc) is 3.06. The molecule has 4 rings (SSSR count). The van der Waals surface area contributed by atoms with E-state index in [1.165, 1.54) is 11.8 Å². The molecule has 0 radical (unpaired) electrons. The third kappa shape index (κ3) is 3.38. The number of rotatable bonds is 4. The SMILES string of the molecule is Cc1ccccc1-n1c(SCc2cncn2C)nc2cc(Cl)ccc2c1=O. The van der Waals surface area contributed by atoms with Crippen molar-refractivity contribution in [3.05, 3.63) is 81.6 Å². The van der Waals surface area contributed by atoms with Gasteiger partial charge in [0.15, 0.2) is 5.16 Å². The first kappa shape index (κ1) is 17.8. The number of hydrogen-bond donors (Lipinski definition) is 0. The Morgan fingerprint density at radius 1 is 1.19 bits per heavy atom. The van der Waals surface area contributed by atoms with Crippen molar-refractivity contribution in [1.29, 1.82) is 0 Å². The molecule has 0 spiro atoms.